The highest BCUT2D eigenvalue weighted by Gasteiger charge is 2.23. The van der Waals surface area contributed by atoms with E-state index in [1.165, 1.54) is 135 Å². The molecular weight excluding hydrogens is 972 g/mol. The van der Waals surface area contributed by atoms with Gasteiger partial charge in [0.15, 0.2) is 0 Å². The number of aliphatic hydroxyl groups excluding tert-OH is 1. The molecule has 2 N–H and O–H groups in total. The lowest BCUT2D eigenvalue weighted by molar-refractivity contribution is -0.870. The second-order valence-corrected chi connectivity index (χ2v) is 23.4. The Labute approximate surface area is 475 Å². The highest BCUT2D eigenvalue weighted by atomic mass is 31.2. The van der Waals surface area contributed by atoms with Crippen LogP contribution in [0.15, 0.2) is 122 Å². The molecule has 0 spiro atoms. The Bertz CT molecular complexity index is 1670. The number of quaternary nitrogens is 1. The second-order valence-electron chi connectivity index (χ2n) is 22.0. The topological polar surface area (TPSA) is 108 Å². The number of likely N-dealkylation sites (N-methyl/N-ethyl adjacent to an activating group) is 1. The molecule has 1 amide bonds. The van der Waals surface area contributed by atoms with E-state index in [-0.39, 0.29) is 19.1 Å². The standard InChI is InChI=1S/C68H119N2O6P/c1-6-8-10-12-14-16-18-20-22-23-24-25-26-27-28-29-30-31-32-33-34-35-36-37-38-39-40-41-42-43-44-45-46-47-48-50-52-54-56-58-60-62-68(72)69-66(65-76-77(73,74)75-64-63-70(3,4)5)67(71)61-59-57-55-53-51-49-21-19-17-15-13-11-9-7-2/h8,10,14,16,20,22,24-25,27-28,30-31,33-34,36-37,39-40,59,61,66-67,71H,6-7,9,11-13,15,17-19,21,23,26,29,32,35,38,41-58,60,62-65H2,1-5H3,(H-,69,72,73,74)/b10-8-,16-14-,22-20-,25-24-,28-27-,31-30-,34-33-,37-36-,40-39-,61-59+. The summed E-state index contributed by atoms with van der Waals surface area (Å²) in [6.45, 7) is 4.53. The van der Waals surface area contributed by atoms with E-state index < -0.39 is 20.0 Å². The van der Waals surface area contributed by atoms with Crippen LogP contribution in [-0.4, -0.2) is 68.5 Å². The summed E-state index contributed by atoms with van der Waals surface area (Å²) in [4.78, 5) is 25.5. The van der Waals surface area contributed by atoms with Crippen LogP contribution < -0.4 is 10.2 Å². The summed E-state index contributed by atoms with van der Waals surface area (Å²) < 4.78 is 23.3. The van der Waals surface area contributed by atoms with E-state index in [1.54, 1.807) is 6.08 Å². The molecule has 0 bridgehead atoms. The van der Waals surface area contributed by atoms with Gasteiger partial charge in [-0.2, -0.15) is 0 Å². The minimum absolute atomic E-state index is 0.00522. The third kappa shape index (κ3) is 60.4. The van der Waals surface area contributed by atoms with Crippen molar-refractivity contribution in [3.63, 3.8) is 0 Å². The van der Waals surface area contributed by atoms with E-state index in [2.05, 4.69) is 129 Å². The van der Waals surface area contributed by atoms with Gasteiger partial charge in [-0.15, -0.1) is 0 Å². The summed E-state index contributed by atoms with van der Waals surface area (Å²) in [5, 5.41) is 13.9. The van der Waals surface area contributed by atoms with Crippen molar-refractivity contribution in [2.24, 2.45) is 0 Å². The summed E-state index contributed by atoms with van der Waals surface area (Å²) in [6, 6.07) is -0.893. The maximum atomic E-state index is 13.0. The lowest BCUT2D eigenvalue weighted by Gasteiger charge is -2.29. The van der Waals surface area contributed by atoms with Crippen LogP contribution in [-0.2, 0) is 18.4 Å². The molecule has 442 valence electrons. The first-order chi connectivity index (χ1) is 37.5. The van der Waals surface area contributed by atoms with Crippen LogP contribution in [0.1, 0.15) is 251 Å². The molecule has 0 aliphatic carbocycles. The molecule has 0 aromatic carbocycles. The molecule has 77 heavy (non-hydrogen) atoms. The number of amides is 1. The summed E-state index contributed by atoms with van der Waals surface area (Å²) in [6.07, 6.45) is 85.8. The van der Waals surface area contributed by atoms with Crippen molar-refractivity contribution in [1.82, 2.24) is 5.32 Å². The van der Waals surface area contributed by atoms with E-state index in [1.807, 2.05) is 27.2 Å². The Morgan fingerprint density at radius 3 is 1.16 bits per heavy atom. The number of nitrogens with zero attached hydrogens (tertiary/aromatic N) is 1. The van der Waals surface area contributed by atoms with Gasteiger partial charge < -0.3 is 28.8 Å². The predicted molar refractivity (Wildman–Crippen MR) is 334 cm³/mol. The van der Waals surface area contributed by atoms with E-state index in [9.17, 15) is 19.4 Å². The molecule has 0 aromatic heterocycles. The van der Waals surface area contributed by atoms with Crippen LogP contribution in [0.4, 0.5) is 0 Å². The number of nitrogens with one attached hydrogen (secondary N) is 1. The van der Waals surface area contributed by atoms with Crippen molar-refractivity contribution in [3.8, 4) is 0 Å². The molecule has 0 saturated carbocycles. The molecule has 0 rings (SSSR count). The fourth-order valence-electron chi connectivity index (χ4n) is 8.56. The Kier molecular flexibility index (Phi) is 55.3. The highest BCUT2D eigenvalue weighted by molar-refractivity contribution is 7.45. The predicted octanol–water partition coefficient (Wildman–Crippen LogP) is 19.1. The number of hydrogen-bond donors (Lipinski definition) is 2. The molecule has 0 aromatic rings. The van der Waals surface area contributed by atoms with E-state index >= 15 is 0 Å². The van der Waals surface area contributed by atoms with Crippen LogP contribution in [0.5, 0.6) is 0 Å². The van der Waals surface area contributed by atoms with Crippen molar-refractivity contribution < 1.29 is 32.9 Å². The average Bonchev–Trinajstić information content (AvgIpc) is 3.39. The molecule has 0 aliphatic heterocycles. The van der Waals surface area contributed by atoms with Gasteiger partial charge in [0.2, 0.25) is 5.91 Å². The normalized spacial score (nSPS) is 14.6. The van der Waals surface area contributed by atoms with Gasteiger partial charge in [0, 0.05) is 6.42 Å². The SMILES string of the molecule is CC/C=C\C/C=C\C/C=C\C/C=C\C/C=C\C/C=C\C/C=C\C/C=C\C/C=C\CCCCCCCCCCCCCCCC(=O)NC(COP(=O)([O-])OCC[N+](C)(C)C)C(O)/C=C/CCCCCCCCCCCCCC. The zero-order chi connectivity index (χ0) is 56.3. The van der Waals surface area contributed by atoms with Gasteiger partial charge >= 0.3 is 0 Å². The van der Waals surface area contributed by atoms with Crippen molar-refractivity contribution in [2.75, 3.05) is 40.9 Å². The Balaban J connectivity index is 4.03. The number of allylic oxidation sites excluding steroid dienone is 19. The fourth-order valence-corrected chi connectivity index (χ4v) is 9.28. The molecule has 0 radical (unpaired) electrons. The van der Waals surface area contributed by atoms with E-state index in [4.69, 9.17) is 9.05 Å². The van der Waals surface area contributed by atoms with Gasteiger partial charge in [0.25, 0.3) is 7.82 Å². The van der Waals surface area contributed by atoms with Crippen LogP contribution in [0.25, 0.3) is 0 Å². The van der Waals surface area contributed by atoms with Gasteiger partial charge in [-0.3, -0.25) is 9.36 Å². The van der Waals surface area contributed by atoms with Crippen LogP contribution in [0.3, 0.4) is 0 Å². The van der Waals surface area contributed by atoms with Crippen LogP contribution in [0.2, 0.25) is 0 Å². The highest BCUT2D eigenvalue weighted by Crippen LogP contribution is 2.38. The van der Waals surface area contributed by atoms with Gasteiger partial charge in [0.05, 0.1) is 39.9 Å². The number of carbonyl (C=O) groups is 1. The maximum absolute atomic E-state index is 13.0. The Morgan fingerprint density at radius 1 is 0.468 bits per heavy atom. The fraction of sp³-hybridized carbons (Fsp3) is 0.691. The minimum Gasteiger partial charge on any atom is -0.756 e. The number of unbranched alkanes of at least 4 members (excludes halogenated alkanes) is 25. The van der Waals surface area contributed by atoms with Crippen LogP contribution >= 0.6 is 7.82 Å². The van der Waals surface area contributed by atoms with Crippen molar-refractivity contribution >= 4 is 13.7 Å². The number of phosphoric acid groups is 1. The molecule has 3 unspecified atom stereocenters. The van der Waals surface area contributed by atoms with Crippen LogP contribution in [0, 0.1) is 0 Å². The second kappa shape index (κ2) is 57.6. The van der Waals surface area contributed by atoms with E-state index in [0.717, 1.165) is 96.3 Å². The first-order valence-corrected chi connectivity index (χ1v) is 32.9. The number of aliphatic hydroxyl groups is 1. The molecular formula is C68H119N2O6P. The molecule has 0 heterocycles. The monoisotopic (exact) mass is 1090 g/mol. The molecule has 0 saturated heterocycles. The number of hydrogen-bond acceptors (Lipinski definition) is 6. The molecule has 0 fully saturated rings. The summed E-state index contributed by atoms with van der Waals surface area (Å²) >= 11 is 0. The summed E-state index contributed by atoms with van der Waals surface area (Å²) in [5.41, 5.74) is 0. The number of rotatable bonds is 56. The quantitative estimate of drug-likeness (QED) is 0.0272. The molecule has 3 atom stereocenters. The molecule has 0 aliphatic rings. The van der Waals surface area contributed by atoms with Crippen molar-refractivity contribution in [1.29, 1.82) is 0 Å². The smallest absolute Gasteiger partial charge is 0.268 e. The van der Waals surface area contributed by atoms with Gasteiger partial charge in [-0.1, -0.05) is 277 Å². The molecule has 8 nitrogen and oxygen atoms in total. The average molecular weight is 1090 g/mol. The molecule has 9 heteroatoms. The number of carbonyl (C=O) groups excluding carboxylic acids is 1. The Morgan fingerprint density at radius 2 is 0.792 bits per heavy atom. The van der Waals surface area contributed by atoms with Gasteiger partial charge in [-0.05, 0) is 89.9 Å². The lowest BCUT2D eigenvalue weighted by atomic mass is 10.0. The zero-order valence-corrected chi connectivity index (χ0v) is 51.3. The van der Waals surface area contributed by atoms with E-state index in [0.29, 0.717) is 17.4 Å². The first-order valence-electron chi connectivity index (χ1n) is 31.4. The maximum Gasteiger partial charge on any atom is 0.268 e. The minimum atomic E-state index is -4.60. The summed E-state index contributed by atoms with van der Waals surface area (Å²) in [7, 11) is 1.25. The lowest BCUT2D eigenvalue weighted by Crippen LogP contribution is -2.45. The number of phosphoric ester groups is 1. The zero-order valence-electron chi connectivity index (χ0n) is 50.4. The van der Waals surface area contributed by atoms with Gasteiger partial charge in [-0.25, -0.2) is 0 Å². The van der Waals surface area contributed by atoms with Gasteiger partial charge in [0.1, 0.15) is 13.2 Å². The first kappa shape index (κ1) is 73.9. The summed E-state index contributed by atoms with van der Waals surface area (Å²) in [5.74, 6) is -0.202. The van der Waals surface area contributed by atoms with Crippen molar-refractivity contribution in [2.45, 2.75) is 264 Å². The van der Waals surface area contributed by atoms with Crippen molar-refractivity contribution in [3.05, 3.63) is 122 Å². The third-order valence-electron chi connectivity index (χ3n) is 13.4. The largest absolute Gasteiger partial charge is 0.756 e. The third-order valence-corrected chi connectivity index (χ3v) is 14.4. The Hall–Kier alpha value is -3.10.